The minimum Gasteiger partial charge on any atom is -0.286 e. The highest BCUT2D eigenvalue weighted by Crippen LogP contribution is 2.10. The van der Waals surface area contributed by atoms with Gasteiger partial charge in [-0.15, -0.1) is 0 Å². The van der Waals surface area contributed by atoms with Gasteiger partial charge in [-0.2, -0.15) is 0 Å². The third-order valence-electron chi connectivity index (χ3n) is 2.27. The Morgan fingerprint density at radius 1 is 1.00 bits per heavy atom. The lowest BCUT2D eigenvalue weighted by molar-refractivity contribution is -0.107. The van der Waals surface area contributed by atoms with Gasteiger partial charge in [0.15, 0.2) is 0 Å². The molecule has 0 spiro atoms. The first kappa shape index (κ1) is 7.65. The topological polar surface area (TPSA) is 41.8 Å². The molecule has 3 heteroatoms. The number of carbonyl (C=O) groups excluding carboxylic acids is 1. The third-order valence-corrected chi connectivity index (χ3v) is 2.27. The highest BCUT2D eigenvalue weighted by Gasteiger charge is 2.22. The van der Waals surface area contributed by atoms with Gasteiger partial charge in [0.05, 0.1) is 11.4 Å². The number of nitrogens with zero attached hydrogens (tertiary/aromatic N) is 2. The Morgan fingerprint density at radius 3 is 1.83 bits per heavy atom. The molecule has 64 valence electrons. The maximum atomic E-state index is 11.6. The van der Waals surface area contributed by atoms with Gasteiger partial charge in [0.25, 0.3) is 0 Å². The summed E-state index contributed by atoms with van der Waals surface area (Å²) < 4.78 is 0. The summed E-state index contributed by atoms with van der Waals surface area (Å²) in [7, 11) is 0. The maximum absolute atomic E-state index is 11.6. The van der Waals surface area contributed by atoms with Crippen molar-refractivity contribution in [3.05, 3.63) is 0 Å². The minimum absolute atomic E-state index is 0.116. The molecule has 0 saturated carbocycles. The van der Waals surface area contributed by atoms with E-state index in [1.807, 2.05) is 0 Å². The van der Waals surface area contributed by atoms with E-state index in [-0.39, 0.29) is 5.78 Å². The minimum atomic E-state index is 0.116. The summed E-state index contributed by atoms with van der Waals surface area (Å²) >= 11 is 0. The van der Waals surface area contributed by atoms with E-state index < -0.39 is 0 Å². The van der Waals surface area contributed by atoms with Gasteiger partial charge in [-0.05, 0) is 25.7 Å². The Bertz CT molecular complexity index is 240. The van der Waals surface area contributed by atoms with Crippen molar-refractivity contribution in [2.45, 2.75) is 25.7 Å². The lowest BCUT2D eigenvalue weighted by atomic mass is 10.1. The first-order chi connectivity index (χ1) is 5.88. The van der Waals surface area contributed by atoms with E-state index >= 15 is 0 Å². The lowest BCUT2D eigenvalue weighted by Crippen LogP contribution is -2.20. The third kappa shape index (κ3) is 1.31. The van der Waals surface area contributed by atoms with Crippen LogP contribution in [0.4, 0.5) is 0 Å². The number of ketones is 1. The summed E-state index contributed by atoms with van der Waals surface area (Å²) in [6.45, 7) is 1.66. The highest BCUT2D eigenvalue weighted by atomic mass is 16.1. The number of hydrogen-bond donors (Lipinski definition) is 0. The smallest absolute Gasteiger partial charge is 0.220 e. The molecule has 2 aliphatic rings. The molecule has 0 amide bonds. The van der Waals surface area contributed by atoms with Gasteiger partial charge in [0.2, 0.25) is 5.78 Å². The van der Waals surface area contributed by atoms with Gasteiger partial charge >= 0.3 is 0 Å². The number of carbonyl (C=O) groups is 1. The fourth-order valence-electron chi connectivity index (χ4n) is 1.62. The summed E-state index contributed by atoms with van der Waals surface area (Å²) in [5.41, 5.74) is 1.52. The van der Waals surface area contributed by atoms with Crippen LogP contribution >= 0.6 is 0 Å². The molecule has 2 aliphatic heterocycles. The summed E-state index contributed by atoms with van der Waals surface area (Å²) in [5.74, 6) is 0.116. The number of aliphatic imine (C=N–C) groups is 2. The Kier molecular flexibility index (Phi) is 2.02. The molecule has 0 bridgehead atoms. The molecule has 2 heterocycles. The second-order valence-corrected chi connectivity index (χ2v) is 3.19. The summed E-state index contributed by atoms with van der Waals surface area (Å²) in [4.78, 5) is 19.9. The van der Waals surface area contributed by atoms with Gasteiger partial charge in [0, 0.05) is 13.1 Å². The van der Waals surface area contributed by atoms with Crippen LogP contribution in [-0.4, -0.2) is 30.3 Å². The SMILES string of the molecule is O=C(C1=NCCC1)C1=NCCC1. The van der Waals surface area contributed by atoms with E-state index in [1.165, 1.54) is 0 Å². The molecule has 0 aromatic carbocycles. The van der Waals surface area contributed by atoms with Crippen LogP contribution in [0.15, 0.2) is 9.98 Å². The van der Waals surface area contributed by atoms with Gasteiger partial charge < -0.3 is 0 Å². The standard InChI is InChI=1S/C9H12N2O/c12-9(7-3-1-5-10-7)8-4-2-6-11-8/h1-6H2. The summed E-state index contributed by atoms with van der Waals surface area (Å²) in [6, 6.07) is 0. The van der Waals surface area contributed by atoms with Gasteiger partial charge in [-0.25, -0.2) is 0 Å². The van der Waals surface area contributed by atoms with E-state index in [9.17, 15) is 4.79 Å². The summed E-state index contributed by atoms with van der Waals surface area (Å²) in [5, 5.41) is 0. The zero-order valence-electron chi connectivity index (χ0n) is 7.05. The van der Waals surface area contributed by atoms with E-state index in [1.54, 1.807) is 0 Å². The van der Waals surface area contributed by atoms with Crippen LogP contribution in [0.25, 0.3) is 0 Å². The van der Waals surface area contributed by atoms with Crippen molar-refractivity contribution < 1.29 is 4.79 Å². The van der Waals surface area contributed by atoms with Crippen molar-refractivity contribution in [2.24, 2.45) is 9.98 Å². The van der Waals surface area contributed by atoms with Crippen molar-refractivity contribution >= 4 is 17.2 Å². The number of hydrogen-bond acceptors (Lipinski definition) is 3. The van der Waals surface area contributed by atoms with Crippen LogP contribution in [0, 0.1) is 0 Å². The van der Waals surface area contributed by atoms with E-state index in [0.29, 0.717) is 0 Å². The van der Waals surface area contributed by atoms with E-state index in [0.717, 1.165) is 50.2 Å². The largest absolute Gasteiger partial charge is 0.286 e. The average molecular weight is 164 g/mol. The Hall–Kier alpha value is -0.990. The van der Waals surface area contributed by atoms with Gasteiger partial charge in [0.1, 0.15) is 0 Å². The Morgan fingerprint density at radius 2 is 1.50 bits per heavy atom. The molecule has 0 aliphatic carbocycles. The van der Waals surface area contributed by atoms with Crippen molar-refractivity contribution in [1.82, 2.24) is 0 Å². The van der Waals surface area contributed by atoms with Crippen LogP contribution in [0.2, 0.25) is 0 Å². The molecule has 2 rings (SSSR count). The molecule has 0 aromatic rings. The predicted octanol–water partition coefficient (Wildman–Crippen LogP) is 1.03. The maximum Gasteiger partial charge on any atom is 0.220 e. The fourth-order valence-corrected chi connectivity index (χ4v) is 1.62. The first-order valence-electron chi connectivity index (χ1n) is 4.49. The molecule has 0 radical (unpaired) electrons. The van der Waals surface area contributed by atoms with Crippen LogP contribution in [0.5, 0.6) is 0 Å². The molecule has 0 atom stereocenters. The van der Waals surface area contributed by atoms with E-state index in [2.05, 4.69) is 9.98 Å². The molecule has 0 fully saturated rings. The van der Waals surface area contributed by atoms with E-state index in [4.69, 9.17) is 0 Å². The monoisotopic (exact) mass is 164 g/mol. The average Bonchev–Trinajstić information content (AvgIpc) is 2.77. The normalized spacial score (nSPS) is 22.3. The second kappa shape index (κ2) is 3.17. The van der Waals surface area contributed by atoms with Crippen LogP contribution < -0.4 is 0 Å². The van der Waals surface area contributed by atoms with Crippen molar-refractivity contribution in [2.75, 3.05) is 13.1 Å². The summed E-state index contributed by atoms with van der Waals surface area (Å²) in [6.07, 6.45) is 3.79. The lowest BCUT2D eigenvalue weighted by Gasteiger charge is -1.97. The highest BCUT2D eigenvalue weighted by molar-refractivity contribution is 6.66. The van der Waals surface area contributed by atoms with Crippen molar-refractivity contribution in [3.8, 4) is 0 Å². The quantitative estimate of drug-likeness (QED) is 0.601. The molecule has 12 heavy (non-hydrogen) atoms. The molecular weight excluding hydrogens is 152 g/mol. The molecule has 0 unspecified atom stereocenters. The first-order valence-corrected chi connectivity index (χ1v) is 4.49. The van der Waals surface area contributed by atoms with Crippen molar-refractivity contribution in [1.29, 1.82) is 0 Å². The molecule has 3 nitrogen and oxygen atoms in total. The Labute approximate surface area is 71.6 Å². The van der Waals surface area contributed by atoms with Gasteiger partial charge in [-0.3, -0.25) is 14.8 Å². The van der Waals surface area contributed by atoms with Gasteiger partial charge in [-0.1, -0.05) is 0 Å². The van der Waals surface area contributed by atoms with Crippen LogP contribution in [0.3, 0.4) is 0 Å². The molecule has 0 N–H and O–H groups in total. The zero-order chi connectivity index (χ0) is 8.39. The number of rotatable bonds is 2. The zero-order valence-corrected chi connectivity index (χ0v) is 7.05. The number of Topliss-reactive ketones (excluding diaryl/α,β-unsaturated/α-hetero) is 1. The van der Waals surface area contributed by atoms with Crippen molar-refractivity contribution in [3.63, 3.8) is 0 Å². The molecule has 0 saturated heterocycles. The van der Waals surface area contributed by atoms with Crippen LogP contribution in [-0.2, 0) is 4.79 Å². The molecule has 0 aromatic heterocycles. The van der Waals surface area contributed by atoms with Crippen LogP contribution in [0.1, 0.15) is 25.7 Å². The molecular formula is C9H12N2O. The predicted molar refractivity (Wildman–Crippen MR) is 48.1 cm³/mol. The fraction of sp³-hybridized carbons (Fsp3) is 0.667. The second-order valence-electron chi connectivity index (χ2n) is 3.19. The Balaban J connectivity index is 2.08.